The molecule has 0 aliphatic carbocycles. The van der Waals surface area contributed by atoms with Gasteiger partial charge in [0.05, 0.1) is 24.8 Å². The predicted molar refractivity (Wildman–Crippen MR) is 106 cm³/mol. The van der Waals surface area contributed by atoms with E-state index in [0.29, 0.717) is 41.5 Å². The maximum Gasteiger partial charge on any atom is 0.234 e. The first-order valence-corrected chi connectivity index (χ1v) is 9.09. The van der Waals surface area contributed by atoms with Crippen LogP contribution in [-0.4, -0.2) is 56.3 Å². The van der Waals surface area contributed by atoms with Crippen LogP contribution in [0.1, 0.15) is 25.3 Å². The summed E-state index contributed by atoms with van der Waals surface area (Å²) in [5.41, 5.74) is 0.579. The Kier molecular flexibility index (Phi) is 6.27. The molecule has 0 bridgehead atoms. The standard InChI is InChI=1S/C18H24N8O3/c1-11(2)28-16-9-15(23-24-16)21-14-5-6-19-18(22-14)20-10-13-7-12(25-29-13)8-17(27)26(3)4/h5-7,9,11H,8,10H2,1-4H3,(H3,19,20,21,22,23,24). The highest BCUT2D eigenvalue weighted by Gasteiger charge is 2.11. The largest absolute Gasteiger partial charge is 0.474 e. The van der Waals surface area contributed by atoms with Gasteiger partial charge in [0, 0.05) is 32.4 Å². The van der Waals surface area contributed by atoms with E-state index in [2.05, 4.69) is 36.0 Å². The number of nitrogens with zero attached hydrogens (tertiary/aromatic N) is 5. The lowest BCUT2D eigenvalue weighted by atomic mass is 10.2. The van der Waals surface area contributed by atoms with Crippen molar-refractivity contribution in [2.45, 2.75) is 32.9 Å². The molecule has 0 fully saturated rings. The third-order valence-corrected chi connectivity index (χ3v) is 3.69. The molecule has 3 aromatic rings. The van der Waals surface area contributed by atoms with Crippen LogP contribution in [0, 0.1) is 0 Å². The molecule has 3 aromatic heterocycles. The third kappa shape index (κ3) is 5.92. The molecule has 0 aromatic carbocycles. The predicted octanol–water partition coefficient (Wildman–Crippen LogP) is 1.96. The number of hydrogen-bond donors (Lipinski definition) is 3. The van der Waals surface area contributed by atoms with Crippen LogP contribution in [0.25, 0.3) is 0 Å². The lowest BCUT2D eigenvalue weighted by molar-refractivity contribution is -0.128. The molecule has 11 heteroatoms. The number of likely N-dealkylation sites (N-methyl/N-ethyl adjacent to an activating group) is 1. The van der Waals surface area contributed by atoms with E-state index in [1.165, 1.54) is 4.90 Å². The Bertz CT molecular complexity index is 950. The summed E-state index contributed by atoms with van der Waals surface area (Å²) in [6, 6.07) is 5.21. The van der Waals surface area contributed by atoms with Gasteiger partial charge in [-0.25, -0.2) is 4.98 Å². The average Bonchev–Trinajstić information content (AvgIpc) is 3.29. The molecule has 1 amide bonds. The highest BCUT2D eigenvalue weighted by atomic mass is 16.5. The van der Waals surface area contributed by atoms with Crippen LogP contribution in [0.4, 0.5) is 17.6 Å². The topological polar surface area (TPSA) is 134 Å². The molecule has 29 heavy (non-hydrogen) atoms. The molecule has 0 atom stereocenters. The lowest BCUT2D eigenvalue weighted by Gasteiger charge is -2.07. The molecular weight excluding hydrogens is 376 g/mol. The fraction of sp³-hybridized carbons (Fsp3) is 0.389. The van der Waals surface area contributed by atoms with Crippen molar-refractivity contribution in [3.8, 4) is 5.88 Å². The minimum absolute atomic E-state index is 0.0404. The summed E-state index contributed by atoms with van der Waals surface area (Å²) in [5.74, 6) is 2.69. The number of amides is 1. The van der Waals surface area contributed by atoms with Crippen LogP contribution >= 0.6 is 0 Å². The van der Waals surface area contributed by atoms with E-state index < -0.39 is 0 Å². The van der Waals surface area contributed by atoms with Crippen molar-refractivity contribution in [2.75, 3.05) is 24.7 Å². The minimum Gasteiger partial charge on any atom is -0.474 e. The molecule has 0 aliphatic rings. The van der Waals surface area contributed by atoms with Crippen molar-refractivity contribution < 1.29 is 14.1 Å². The number of anilines is 3. The fourth-order valence-corrected chi connectivity index (χ4v) is 2.32. The number of rotatable bonds is 9. The minimum atomic E-state index is -0.0410. The van der Waals surface area contributed by atoms with Crippen molar-refractivity contribution in [3.63, 3.8) is 0 Å². The summed E-state index contributed by atoms with van der Waals surface area (Å²) < 4.78 is 10.8. The Morgan fingerprint density at radius 3 is 2.93 bits per heavy atom. The smallest absolute Gasteiger partial charge is 0.234 e. The molecule has 0 saturated carbocycles. The quantitative estimate of drug-likeness (QED) is 0.492. The van der Waals surface area contributed by atoms with Gasteiger partial charge < -0.3 is 24.8 Å². The molecule has 0 spiro atoms. The third-order valence-electron chi connectivity index (χ3n) is 3.69. The van der Waals surface area contributed by atoms with Gasteiger partial charge in [-0.2, -0.15) is 4.98 Å². The molecule has 0 unspecified atom stereocenters. The van der Waals surface area contributed by atoms with E-state index in [4.69, 9.17) is 9.26 Å². The number of ether oxygens (including phenoxy) is 1. The molecule has 3 rings (SSSR count). The first-order valence-electron chi connectivity index (χ1n) is 9.09. The lowest BCUT2D eigenvalue weighted by Crippen LogP contribution is -2.23. The number of nitrogens with one attached hydrogen (secondary N) is 3. The van der Waals surface area contributed by atoms with E-state index >= 15 is 0 Å². The zero-order valence-electron chi connectivity index (χ0n) is 16.8. The summed E-state index contributed by atoms with van der Waals surface area (Å²) in [5, 5.41) is 17.0. The van der Waals surface area contributed by atoms with Crippen molar-refractivity contribution in [3.05, 3.63) is 35.9 Å². The van der Waals surface area contributed by atoms with Crippen LogP contribution in [0.2, 0.25) is 0 Å². The molecule has 3 N–H and O–H groups in total. The number of aromatic amines is 1. The molecule has 0 aliphatic heterocycles. The average molecular weight is 400 g/mol. The van der Waals surface area contributed by atoms with Crippen LogP contribution in [0.15, 0.2) is 28.9 Å². The summed E-state index contributed by atoms with van der Waals surface area (Å²) in [6.07, 6.45) is 1.86. The Labute approximate surface area is 167 Å². The van der Waals surface area contributed by atoms with Gasteiger partial charge in [0.1, 0.15) is 11.6 Å². The Morgan fingerprint density at radius 2 is 2.17 bits per heavy atom. The highest BCUT2D eigenvalue weighted by Crippen LogP contribution is 2.18. The van der Waals surface area contributed by atoms with E-state index in [1.807, 2.05) is 13.8 Å². The number of carbonyl (C=O) groups is 1. The second kappa shape index (κ2) is 9.04. The summed E-state index contributed by atoms with van der Waals surface area (Å²) in [7, 11) is 3.40. The van der Waals surface area contributed by atoms with E-state index in [9.17, 15) is 4.79 Å². The van der Waals surface area contributed by atoms with Crippen LogP contribution in [0.5, 0.6) is 5.88 Å². The molecular formula is C18H24N8O3. The zero-order valence-corrected chi connectivity index (χ0v) is 16.8. The molecule has 0 radical (unpaired) electrons. The van der Waals surface area contributed by atoms with E-state index in [1.54, 1.807) is 38.5 Å². The van der Waals surface area contributed by atoms with Crippen LogP contribution in [0.3, 0.4) is 0 Å². The Balaban J connectivity index is 1.55. The van der Waals surface area contributed by atoms with Crippen LogP contribution in [-0.2, 0) is 17.8 Å². The van der Waals surface area contributed by atoms with Gasteiger partial charge in [-0.05, 0) is 19.9 Å². The SMILES string of the molecule is CC(C)Oc1cc(Nc2ccnc(NCc3cc(CC(=O)N(C)C)no3)n2)[nH]n1. The van der Waals surface area contributed by atoms with Gasteiger partial charge >= 0.3 is 0 Å². The van der Waals surface area contributed by atoms with Crippen molar-refractivity contribution in [1.82, 2.24) is 30.2 Å². The number of aromatic nitrogens is 5. The summed E-state index contributed by atoms with van der Waals surface area (Å²) in [4.78, 5) is 21.8. The Morgan fingerprint density at radius 1 is 1.34 bits per heavy atom. The second-order valence-corrected chi connectivity index (χ2v) is 6.78. The van der Waals surface area contributed by atoms with E-state index in [-0.39, 0.29) is 18.4 Å². The fourth-order valence-electron chi connectivity index (χ4n) is 2.32. The molecule has 0 saturated heterocycles. The van der Waals surface area contributed by atoms with Gasteiger partial charge in [-0.15, -0.1) is 5.10 Å². The maximum atomic E-state index is 11.7. The number of hydrogen-bond acceptors (Lipinski definition) is 9. The first-order chi connectivity index (χ1) is 13.9. The normalized spacial score (nSPS) is 10.8. The zero-order chi connectivity index (χ0) is 20.8. The van der Waals surface area contributed by atoms with Gasteiger partial charge in [-0.3, -0.25) is 9.89 Å². The molecule has 3 heterocycles. The summed E-state index contributed by atoms with van der Waals surface area (Å²) in [6.45, 7) is 4.20. The first kappa shape index (κ1) is 20.1. The van der Waals surface area contributed by atoms with Gasteiger partial charge in [-0.1, -0.05) is 5.16 Å². The van der Waals surface area contributed by atoms with Crippen molar-refractivity contribution >= 4 is 23.5 Å². The Hall–Kier alpha value is -3.63. The van der Waals surface area contributed by atoms with Gasteiger partial charge in [0.2, 0.25) is 17.7 Å². The van der Waals surface area contributed by atoms with Crippen molar-refractivity contribution in [1.29, 1.82) is 0 Å². The van der Waals surface area contributed by atoms with Gasteiger partial charge in [0.15, 0.2) is 5.76 Å². The second-order valence-electron chi connectivity index (χ2n) is 6.78. The van der Waals surface area contributed by atoms with Crippen molar-refractivity contribution in [2.24, 2.45) is 0 Å². The number of carbonyl (C=O) groups excluding carboxylic acids is 1. The monoisotopic (exact) mass is 400 g/mol. The molecule has 154 valence electrons. The summed E-state index contributed by atoms with van der Waals surface area (Å²) >= 11 is 0. The molecule has 11 nitrogen and oxygen atoms in total. The van der Waals surface area contributed by atoms with E-state index in [0.717, 1.165) is 0 Å². The number of H-pyrrole nitrogens is 1. The van der Waals surface area contributed by atoms with Gasteiger partial charge in [0.25, 0.3) is 0 Å². The maximum absolute atomic E-state index is 11.7. The highest BCUT2D eigenvalue weighted by molar-refractivity contribution is 5.77. The van der Waals surface area contributed by atoms with Crippen LogP contribution < -0.4 is 15.4 Å².